The lowest BCUT2D eigenvalue weighted by Gasteiger charge is -2.29. The molecule has 1 saturated carbocycles. The molecule has 0 atom stereocenters. The molecule has 2 aromatic carbocycles. The van der Waals surface area contributed by atoms with Gasteiger partial charge in [-0.25, -0.2) is 4.79 Å². The molecule has 0 saturated heterocycles. The van der Waals surface area contributed by atoms with Gasteiger partial charge in [0.15, 0.2) is 5.82 Å². The minimum Gasteiger partial charge on any atom is -0.490 e. The van der Waals surface area contributed by atoms with E-state index in [1.165, 1.54) is 12.1 Å². The van der Waals surface area contributed by atoms with Gasteiger partial charge in [-0.2, -0.15) is 13.2 Å². The third-order valence-electron chi connectivity index (χ3n) is 6.91. The van der Waals surface area contributed by atoms with E-state index in [1.807, 2.05) is 43.5 Å². The number of carbonyl (C=O) groups excluding carboxylic acids is 1. The number of benzene rings is 2. The second kappa shape index (κ2) is 10.4. The van der Waals surface area contributed by atoms with Crippen molar-refractivity contribution < 1.29 is 27.4 Å². The summed E-state index contributed by atoms with van der Waals surface area (Å²) in [6, 6.07) is 10.4. The molecular formula is C28H30ClF3N4O3. The Balaban J connectivity index is 1.33. The van der Waals surface area contributed by atoms with Gasteiger partial charge in [-0.15, -0.1) is 10.2 Å². The number of amides is 1. The molecule has 1 aromatic heterocycles. The summed E-state index contributed by atoms with van der Waals surface area (Å²) in [7, 11) is 0. The quantitative estimate of drug-likeness (QED) is 0.335. The third kappa shape index (κ3) is 6.16. The molecule has 3 aromatic rings. The highest BCUT2D eigenvalue weighted by Gasteiger charge is 2.34. The van der Waals surface area contributed by atoms with Gasteiger partial charge in [0.25, 0.3) is 0 Å². The van der Waals surface area contributed by atoms with E-state index >= 15 is 0 Å². The SMILES string of the molecule is CC(C)(C)OC(=O)N1Cc2cc(Cl)ccc2-n2c(nnc2C2CCC(Oc3ccc(C(F)(F)F)cc3)CC2)C1. The number of hydrogen-bond acceptors (Lipinski definition) is 5. The molecule has 0 unspecified atom stereocenters. The Morgan fingerprint density at radius 1 is 0.974 bits per heavy atom. The molecular weight excluding hydrogens is 533 g/mol. The van der Waals surface area contributed by atoms with Gasteiger partial charge in [0, 0.05) is 10.9 Å². The Morgan fingerprint density at radius 2 is 1.67 bits per heavy atom. The molecule has 0 spiro atoms. The second-order valence-electron chi connectivity index (χ2n) is 11.0. The number of hydrogen-bond donors (Lipinski definition) is 0. The van der Waals surface area contributed by atoms with Crippen LogP contribution in [0.15, 0.2) is 42.5 Å². The molecule has 7 nitrogen and oxygen atoms in total. The number of alkyl halides is 3. The van der Waals surface area contributed by atoms with Gasteiger partial charge < -0.3 is 9.47 Å². The van der Waals surface area contributed by atoms with Crippen LogP contribution in [0.3, 0.4) is 0 Å². The van der Waals surface area contributed by atoms with E-state index in [2.05, 4.69) is 10.2 Å². The summed E-state index contributed by atoms with van der Waals surface area (Å²) < 4.78 is 52.2. The second-order valence-corrected chi connectivity index (χ2v) is 11.5. The summed E-state index contributed by atoms with van der Waals surface area (Å²) in [5.41, 5.74) is 0.412. The van der Waals surface area contributed by atoms with E-state index in [9.17, 15) is 18.0 Å². The molecule has 39 heavy (non-hydrogen) atoms. The van der Waals surface area contributed by atoms with Crippen molar-refractivity contribution in [2.45, 2.75) is 83.3 Å². The van der Waals surface area contributed by atoms with Crippen molar-refractivity contribution in [2.75, 3.05) is 0 Å². The largest absolute Gasteiger partial charge is 0.490 e. The van der Waals surface area contributed by atoms with E-state index in [1.54, 1.807) is 4.90 Å². The average Bonchev–Trinajstić information content (AvgIpc) is 3.19. The van der Waals surface area contributed by atoms with Gasteiger partial charge >= 0.3 is 12.3 Å². The van der Waals surface area contributed by atoms with Crippen LogP contribution < -0.4 is 4.74 Å². The highest BCUT2D eigenvalue weighted by atomic mass is 35.5. The standard InChI is InChI=1S/C28H30ClF3N4O3/c1-27(2,3)39-26(37)35-15-18-14-20(29)8-13-23(18)36-24(16-35)33-34-25(36)17-4-9-21(10-5-17)38-22-11-6-19(7-12-22)28(30,31)32/h6-8,11-14,17,21H,4-5,9-10,15-16H2,1-3H3. The van der Waals surface area contributed by atoms with Gasteiger partial charge in [0.2, 0.25) is 0 Å². The van der Waals surface area contributed by atoms with Crippen LogP contribution in [0.1, 0.15) is 75.1 Å². The molecule has 1 aliphatic heterocycles. The van der Waals surface area contributed by atoms with Crippen molar-refractivity contribution in [3.05, 3.63) is 70.3 Å². The maximum Gasteiger partial charge on any atom is 0.416 e. The number of ether oxygens (including phenoxy) is 2. The van der Waals surface area contributed by atoms with E-state index < -0.39 is 23.4 Å². The predicted molar refractivity (Wildman–Crippen MR) is 139 cm³/mol. The summed E-state index contributed by atoms with van der Waals surface area (Å²) in [5.74, 6) is 1.98. The van der Waals surface area contributed by atoms with Crippen LogP contribution in [0.4, 0.5) is 18.0 Å². The van der Waals surface area contributed by atoms with Gasteiger partial charge in [-0.05, 0) is 94.5 Å². The lowest BCUT2D eigenvalue weighted by atomic mass is 9.86. The van der Waals surface area contributed by atoms with Crippen molar-refractivity contribution in [2.24, 2.45) is 0 Å². The number of fused-ring (bicyclic) bond motifs is 3. The van der Waals surface area contributed by atoms with Gasteiger partial charge in [-0.3, -0.25) is 9.47 Å². The van der Waals surface area contributed by atoms with Gasteiger partial charge in [0.1, 0.15) is 17.2 Å². The molecule has 208 valence electrons. The molecule has 2 heterocycles. The summed E-state index contributed by atoms with van der Waals surface area (Å²) in [6.45, 7) is 6.03. The molecule has 2 aliphatic rings. The summed E-state index contributed by atoms with van der Waals surface area (Å²) in [4.78, 5) is 14.6. The minimum atomic E-state index is -4.37. The number of halogens is 4. The zero-order valence-electron chi connectivity index (χ0n) is 22.0. The van der Waals surface area contributed by atoms with E-state index in [-0.39, 0.29) is 18.6 Å². The lowest BCUT2D eigenvalue weighted by molar-refractivity contribution is -0.137. The highest BCUT2D eigenvalue weighted by molar-refractivity contribution is 6.30. The van der Waals surface area contributed by atoms with Crippen LogP contribution in [0.2, 0.25) is 5.02 Å². The molecule has 0 N–H and O–H groups in total. The summed E-state index contributed by atoms with van der Waals surface area (Å²) in [6.07, 6.45) is -1.90. The molecule has 1 aliphatic carbocycles. The van der Waals surface area contributed by atoms with Crippen molar-refractivity contribution in [3.63, 3.8) is 0 Å². The zero-order chi connectivity index (χ0) is 27.9. The third-order valence-corrected chi connectivity index (χ3v) is 7.14. The van der Waals surface area contributed by atoms with Gasteiger partial charge in [0.05, 0.1) is 30.4 Å². The molecule has 11 heteroatoms. The predicted octanol–water partition coefficient (Wildman–Crippen LogP) is 7.30. The van der Waals surface area contributed by atoms with Crippen LogP contribution >= 0.6 is 11.6 Å². The fraction of sp³-hybridized carbons (Fsp3) is 0.464. The van der Waals surface area contributed by atoms with E-state index in [0.29, 0.717) is 23.1 Å². The Kier molecular flexibility index (Phi) is 7.26. The normalized spacial score (nSPS) is 19.6. The molecule has 0 bridgehead atoms. The maximum atomic E-state index is 13.0. The van der Waals surface area contributed by atoms with E-state index in [0.717, 1.165) is 54.9 Å². The monoisotopic (exact) mass is 562 g/mol. The first kappa shape index (κ1) is 27.3. The summed E-state index contributed by atoms with van der Waals surface area (Å²) in [5, 5.41) is 9.58. The molecule has 0 radical (unpaired) electrons. The Bertz CT molecular complexity index is 1340. The number of aromatic nitrogens is 3. The zero-order valence-corrected chi connectivity index (χ0v) is 22.7. The number of nitrogens with zero attached hydrogens (tertiary/aromatic N) is 4. The Labute approximate surface area is 229 Å². The van der Waals surface area contributed by atoms with Crippen LogP contribution in [0.5, 0.6) is 5.75 Å². The molecule has 1 fully saturated rings. The van der Waals surface area contributed by atoms with Crippen LogP contribution in [0.25, 0.3) is 5.69 Å². The van der Waals surface area contributed by atoms with E-state index in [4.69, 9.17) is 21.1 Å². The highest BCUT2D eigenvalue weighted by Crippen LogP contribution is 2.38. The number of carbonyl (C=O) groups is 1. The summed E-state index contributed by atoms with van der Waals surface area (Å²) >= 11 is 6.32. The first-order valence-corrected chi connectivity index (χ1v) is 13.3. The van der Waals surface area contributed by atoms with Crippen LogP contribution in [-0.2, 0) is 24.0 Å². The Hall–Kier alpha value is -3.27. The topological polar surface area (TPSA) is 69.5 Å². The molecule has 5 rings (SSSR count). The maximum absolute atomic E-state index is 13.0. The smallest absolute Gasteiger partial charge is 0.416 e. The van der Waals surface area contributed by atoms with Crippen LogP contribution in [0, 0.1) is 0 Å². The fourth-order valence-electron chi connectivity index (χ4n) is 5.10. The molecule has 1 amide bonds. The van der Waals surface area contributed by atoms with Crippen molar-refractivity contribution in [3.8, 4) is 11.4 Å². The van der Waals surface area contributed by atoms with Crippen molar-refractivity contribution >= 4 is 17.7 Å². The first-order chi connectivity index (χ1) is 18.4. The fourth-order valence-corrected chi connectivity index (χ4v) is 5.29. The first-order valence-electron chi connectivity index (χ1n) is 12.9. The average molecular weight is 563 g/mol. The minimum absolute atomic E-state index is 0.0988. The van der Waals surface area contributed by atoms with Crippen molar-refractivity contribution in [1.82, 2.24) is 19.7 Å². The van der Waals surface area contributed by atoms with Crippen molar-refractivity contribution in [1.29, 1.82) is 0 Å². The van der Waals surface area contributed by atoms with Crippen LogP contribution in [-0.4, -0.2) is 37.5 Å². The lowest BCUT2D eigenvalue weighted by Crippen LogP contribution is -2.35. The van der Waals surface area contributed by atoms with Gasteiger partial charge in [-0.1, -0.05) is 11.6 Å². The number of rotatable bonds is 3. The Morgan fingerprint density at radius 3 is 2.31 bits per heavy atom.